The van der Waals surface area contributed by atoms with E-state index in [1.54, 1.807) is 0 Å². The summed E-state index contributed by atoms with van der Waals surface area (Å²) in [4.78, 5) is 10.9. The van der Waals surface area contributed by atoms with Gasteiger partial charge in [0.2, 0.25) is 0 Å². The molecule has 0 aliphatic heterocycles. The van der Waals surface area contributed by atoms with Crippen LogP contribution in [0.5, 0.6) is 0 Å². The van der Waals surface area contributed by atoms with Gasteiger partial charge >= 0.3 is 5.97 Å². The summed E-state index contributed by atoms with van der Waals surface area (Å²) in [5.41, 5.74) is 0. The van der Waals surface area contributed by atoms with Crippen LogP contribution in [0, 0.1) is 0 Å². The third-order valence-corrected chi connectivity index (χ3v) is 3.44. The number of esters is 1. The van der Waals surface area contributed by atoms with Crippen molar-refractivity contribution in [3.8, 4) is 0 Å². The van der Waals surface area contributed by atoms with Gasteiger partial charge in [0.15, 0.2) is 0 Å². The monoisotopic (exact) mass is 318 g/mol. The van der Waals surface area contributed by atoms with E-state index in [1.165, 1.54) is 32.8 Å². The number of carbonyl (C=O) groups is 1. The topological polar surface area (TPSA) is 26.3 Å². The molecule has 0 rings (SSSR count). The normalized spacial score (nSPS) is 12.3. The summed E-state index contributed by atoms with van der Waals surface area (Å²) < 4.78 is 4.59. The average molecular weight is 319 g/mol. The van der Waals surface area contributed by atoms with Crippen molar-refractivity contribution in [2.45, 2.75) is 71.1 Å². The highest BCUT2D eigenvalue weighted by Crippen LogP contribution is 2.01. The van der Waals surface area contributed by atoms with E-state index >= 15 is 0 Å². The Bertz CT molecular complexity index is 375. The number of carbonyl (C=O) groups excluding carboxylic acids is 1. The molecule has 2 heteroatoms. The summed E-state index contributed by atoms with van der Waals surface area (Å²) in [5, 5.41) is 0. The third kappa shape index (κ3) is 18.4. The lowest BCUT2D eigenvalue weighted by atomic mass is 10.2. The van der Waals surface area contributed by atoms with E-state index in [2.05, 4.69) is 60.3 Å². The van der Waals surface area contributed by atoms with Gasteiger partial charge < -0.3 is 4.74 Å². The Morgan fingerprint density at radius 2 is 1.22 bits per heavy atom. The lowest BCUT2D eigenvalue weighted by Crippen LogP contribution is -1.98. The maximum Gasteiger partial charge on any atom is 0.305 e. The minimum atomic E-state index is -0.124. The molecule has 0 aromatic rings. The van der Waals surface area contributed by atoms with E-state index < -0.39 is 0 Å². The van der Waals surface area contributed by atoms with Crippen molar-refractivity contribution in [1.82, 2.24) is 0 Å². The zero-order chi connectivity index (χ0) is 17.0. The summed E-state index contributed by atoms with van der Waals surface area (Å²) in [6, 6.07) is 0. The Kier molecular flexibility index (Phi) is 17.2. The van der Waals surface area contributed by atoms with Gasteiger partial charge in [-0.1, -0.05) is 68.4 Å². The van der Waals surface area contributed by atoms with E-state index in [4.69, 9.17) is 0 Å². The SMILES string of the molecule is CCCCC/C=C\C/C=C\C/C=C\C/C=C/CCCC(=O)OC. The molecule has 0 N–H and O–H groups in total. The highest BCUT2D eigenvalue weighted by Gasteiger charge is 1.96. The van der Waals surface area contributed by atoms with Gasteiger partial charge in [-0.15, -0.1) is 0 Å². The maximum absolute atomic E-state index is 10.9. The standard InChI is InChI=1S/C21H34O2/c1-3-4-5-6-7-8-9-10-11-12-13-14-15-16-17-18-19-20-21(22)23-2/h7-8,10-11,13-14,16-17H,3-6,9,12,15,18-20H2,1-2H3/b8-7-,11-10-,14-13-,17-16+. The smallest absolute Gasteiger partial charge is 0.305 e. The molecule has 0 saturated heterocycles. The number of unbranched alkanes of at least 4 members (excludes halogenated alkanes) is 4. The van der Waals surface area contributed by atoms with Crippen LogP contribution in [0.1, 0.15) is 71.1 Å². The number of hydrogen-bond donors (Lipinski definition) is 0. The zero-order valence-electron chi connectivity index (χ0n) is 15.0. The van der Waals surface area contributed by atoms with Gasteiger partial charge in [-0.25, -0.2) is 0 Å². The number of methoxy groups -OCH3 is 1. The van der Waals surface area contributed by atoms with Crippen LogP contribution in [0.4, 0.5) is 0 Å². The van der Waals surface area contributed by atoms with Gasteiger partial charge in [0.1, 0.15) is 0 Å². The highest BCUT2D eigenvalue weighted by atomic mass is 16.5. The Balaban J connectivity index is 3.42. The minimum absolute atomic E-state index is 0.124. The Morgan fingerprint density at radius 1 is 0.739 bits per heavy atom. The van der Waals surface area contributed by atoms with E-state index in [0.29, 0.717) is 6.42 Å². The average Bonchev–Trinajstić information content (AvgIpc) is 2.57. The van der Waals surface area contributed by atoms with Gasteiger partial charge in [0.05, 0.1) is 7.11 Å². The van der Waals surface area contributed by atoms with E-state index in [1.807, 2.05) is 0 Å². The first kappa shape index (κ1) is 21.4. The van der Waals surface area contributed by atoms with Crippen molar-refractivity contribution in [3.05, 3.63) is 48.6 Å². The fraction of sp³-hybridized carbons (Fsp3) is 0.571. The summed E-state index contributed by atoms with van der Waals surface area (Å²) in [6.07, 6.45) is 28.1. The van der Waals surface area contributed by atoms with Crippen LogP contribution in [0.2, 0.25) is 0 Å². The highest BCUT2D eigenvalue weighted by molar-refractivity contribution is 5.69. The van der Waals surface area contributed by atoms with Gasteiger partial charge in [-0.3, -0.25) is 4.79 Å². The molecule has 0 unspecified atom stereocenters. The van der Waals surface area contributed by atoms with Crippen LogP contribution >= 0.6 is 0 Å². The van der Waals surface area contributed by atoms with Crippen LogP contribution < -0.4 is 0 Å². The summed E-state index contributed by atoms with van der Waals surface area (Å²) in [6.45, 7) is 2.24. The molecule has 0 spiro atoms. The predicted molar refractivity (Wildman–Crippen MR) is 100 cm³/mol. The van der Waals surface area contributed by atoms with Crippen LogP contribution in [-0.4, -0.2) is 13.1 Å². The molecule has 0 saturated carbocycles. The van der Waals surface area contributed by atoms with Crippen molar-refractivity contribution in [3.63, 3.8) is 0 Å². The van der Waals surface area contributed by atoms with E-state index in [9.17, 15) is 4.79 Å². The molecule has 0 aromatic carbocycles. The molecule has 0 heterocycles. The lowest BCUT2D eigenvalue weighted by Gasteiger charge is -1.95. The fourth-order valence-corrected chi connectivity index (χ4v) is 2.03. The van der Waals surface area contributed by atoms with Crippen molar-refractivity contribution >= 4 is 5.97 Å². The van der Waals surface area contributed by atoms with Crippen LogP contribution in [0.15, 0.2) is 48.6 Å². The van der Waals surface area contributed by atoms with Crippen molar-refractivity contribution in [1.29, 1.82) is 0 Å². The molecule has 0 aromatic heterocycles. The lowest BCUT2D eigenvalue weighted by molar-refractivity contribution is -0.140. The second kappa shape index (κ2) is 18.5. The second-order valence-electron chi connectivity index (χ2n) is 5.56. The first-order valence-electron chi connectivity index (χ1n) is 8.98. The molecule has 0 radical (unpaired) electrons. The van der Waals surface area contributed by atoms with Crippen molar-refractivity contribution < 1.29 is 9.53 Å². The summed E-state index contributed by atoms with van der Waals surface area (Å²) in [5.74, 6) is -0.124. The Morgan fingerprint density at radius 3 is 1.70 bits per heavy atom. The second-order valence-corrected chi connectivity index (χ2v) is 5.56. The minimum Gasteiger partial charge on any atom is -0.469 e. The molecule has 2 nitrogen and oxygen atoms in total. The fourth-order valence-electron chi connectivity index (χ4n) is 2.03. The summed E-state index contributed by atoms with van der Waals surface area (Å²) >= 11 is 0. The molecule has 0 bridgehead atoms. The first-order chi connectivity index (χ1) is 11.3. The van der Waals surface area contributed by atoms with E-state index in [0.717, 1.165) is 32.1 Å². The van der Waals surface area contributed by atoms with Crippen LogP contribution in [0.3, 0.4) is 0 Å². The Labute approximate surface area is 143 Å². The number of hydrogen-bond acceptors (Lipinski definition) is 2. The largest absolute Gasteiger partial charge is 0.469 e. The molecule has 0 atom stereocenters. The number of ether oxygens (including phenoxy) is 1. The number of rotatable bonds is 14. The summed E-state index contributed by atoms with van der Waals surface area (Å²) in [7, 11) is 1.43. The molecule has 130 valence electrons. The zero-order valence-corrected chi connectivity index (χ0v) is 15.0. The maximum atomic E-state index is 10.9. The van der Waals surface area contributed by atoms with Gasteiger partial charge in [0, 0.05) is 6.42 Å². The van der Waals surface area contributed by atoms with Crippen molar-refractivity contribution in [2.24, 2.45) is 0 Å². The molecule has 0 aliphatic carbocycles. The molecule has 0 amide bonds. The van der Waals surface area contributed by atoms with Crippen LogP contribution in [-0.2, 0) is 9.53 Å². The van der Waals surface area contributed by atoms with E-state index in [-0.39, 0.29) is 5.97 Å². The van der Waals surface area contributed by atoms with Crippen molar-refractivity contribution in [2.75, 3.05) is 7.11 Å². The Hall–Kier alpha value is -1.57. The van der Waals surface area contributed by atoms with Gasteiger partial charge in [0.25, 0.3) is 0 Å². The van der Waals surface area contributed by atoms with Crippen LogP contribution in [0.25, 0.3) is 0 Å². The molecule has 0 fully saturated rings. The quantitative estimate of drug-likeness (QED) is 0.213. The molecular weight excluding hydrogens is 284 g/mol. The first-order valence-corrected chi connectivity index (χ1v) is 8.98. The number of allylic oxidation sites excluding steroid dienone is 8. The third-order valence-electron chi connectivity index (χ3n) is 3.44. The molecular formula is C21H34O2. The molecule has 0 aliphatic rings. The predicted octanol–water partition coefficient (Wildman–Crippen LogP) is 6.31. The van der Waals surface area contributed by atoms with Gasteiger partial charge in [-0.05, 0) is 44.9 Å². The van der Waals surface area contributed by atoms with Gasteiger partial charge in [-0.2, -0.15) is 0 Å². The molecule has 23 heavy (non-hydrogen) atoms.